The molecule has 1 atom stereocenters. The van der Waals surface area contributed by atoms with Gasteiger partial charge in [-0.05, 0) is 6.42 Å². The third kappa shape index (κ3) is 1.47. The van der Waals surface area contributed by atoms with E-state index < -0.39 is 0 Å². The second kappa shape index (κ2) is 3.04. The van der Waals surface area contributed by atoms with E-state index in [-0.39, 0.29) is 12.1 Å². The summed E-state index contributed by atoms with van der Waals surface area (Å²) in [6.45, 7) is 1.35. The van der Waals surface area contributed by atoms with Crippen molar-refractivity contribution in [2.24, 2.45) is 5.73 Å². The summed E-state index contributed by atoms with van der Waals surface area (Å²) < 4.78 is 1.77. The van der Waals surface area contributed by atoms with Crippen LogP contribution in [0.25, 0.3) is 0 Å². The molecule has 1 saturated heterocycles. The average Bonchev–Trinajstić information content (AvgIpc) is 2.75. The molecule has 0 aromatic carbocycles. The molecule has 70 valence electrons. The van der Waals surface area contributed by atoms with Crippen molar-refractivity contribution in [1.82, 2.24) is 19.7 Å². The number of likely N-dealkylation sites (tertiary alicyclic amines) is 1. The Morgan fingerprint density at radius 1 is 1.62 bits per heavy atom. The van der Waals surface area contributed by atoms with Gasteiger partial charge in [-0.2, -0.15) is 5.10 Å². The largest absolute Gasteiger partial charge is 0.351 e. The lowest BCUT2D eigenvalue weighted by Gasteiger charge is -2.12. The van der Waals surface area contributed by atoms with Crippen LogP contribution < -0.4 is 5.73 Å². The van der Waals surface area contributed by atoms with Gasteiger partial charge >= 0.3 is 6.03 Å². The number of nitrogens with two attached hydrogens (primary N) is 1. The highest BCUT2D eigenvalue weighted by molar-refractivity contribution is 5.72. The highest BCUT2D eigenvalue weighted by Gasteiger charge is 2.26. The third-order valence-corrected chi connectivity index (χ3v) is 2.29. The molecular weight excluding hydrogens is 170 g/mol. The van der Waals surface area contributed by atoms with Crippen LogP contribution in [0.4, 0.5) is 4.79 Å². The van der Waals surface area contributed by atoms with Gasteiger partial charge in [0.2, 0.25) is 0 Å². The van der Waals surface area contributed by atoms with E-state index >= 15 is 0 Å². The molecule has 1 fully saturated rings. The molecular formula is C7H11N5O. The first-order valence-electron chi connectivity index (χ1n) is 4.16. The molecule has 2 heterocycles. The zero-order chi connectivity index (χ0) is 9.26. The van der Waals surface area contributed by atoms with Gasteiger partial charge in [-0.15, -0.1) is 0 Å². The van der Waals surface area contributed by atoms with E-state index in [4.69, 9.17) is 5.73 Å². The lowest BCUT2D eigenvalue weighted by atomic mass is 10.3. The molecule has 1 aliphatic heterocycles. The predicted octanol–water partition coefficient (Wildman–Crippen LogP) is -0.396. The topological polar surface area (TPSA) is 77.0 Å². The molecule has 0 bridgehead atoms. The Balaban J connectivity index is 2.03. The predicted molar refractivity (Wildman–Crippen MR) is 44.8 cm³/mol. The van der Waals surface area contributed by atoms with E-state index in [0.29, 0.717) is 13.1 Å². The maximum atomic E-state index is 10.8. The van der Waals surface area contributed by atoms with Crippen LogP contribution in [-0.2, 0) is 0 Å². The Kier molecular flexibility index (Phi) is 1.88. The van der Waals surface area contributed by atoms with E-state index in [1.165, 1.54) is 6.33 Å². The highest BCUT2D eigenvalue weighted by Crippen LogP contribution is 2.19. The van der Waals surface area contributed by atoms with Gasteiger partial charge in [0.15, 0.2) is 0 Å². The minimum absolute atomic E-state index is 0.231. The first-order chi connectivity index (χ1) is 6.27. The number of urea groups is 1. The maximum Gasteiger partial charge on any atom is 0.314 e. The van der Waals surface area contributed by atoms with E-state index in [9.17, 15) is 4.79 Å². The van der Waals surface area contributed by atoms with E-state index in [2.05, 4.69) is 10.1 Å². The molecule has 0 saturated carbocycles. The number of hydrogen-bond donors (Lipinski definition) is 1. The fourth-order valence-electron chi connectivity index (χ4n) is 1.56. The number of carbonyl (C=O) groups excluding carboxylic acids is 1. The Bertz CT molecular complexity index is 296. The number of hydrogen-bond acceptors (Lipinski definition) is 3. The number of carbonyl (C=O) groups is 1. The Morgan fingerprint density at radius 2 is 2.46 bits per heavy atom. The lowest BCUT2D eigenvalue weighted by Crippen LogP contribution is -2.33. The number of aromatic nitrogens is 3. The summed E-state index contributed by atoms with van der Waals surface area (Å²) in [7, 11) is 0. The molecule has 1 aromatic rings. The number of primary amides is 1. The van der Waals surface area contributed by atoms with Gasteiger partial charge in [0.05, 0.1) is 6.04 Å². The molecule has 1 unspecified atom stereocenters. The van der Waals surface area contributed by atoms with Gasteiger partial charge in [-0.1, -0.05) is 0 Å². The molecule has 0 aliphatic carbocycles. The molecule has 1 aromatic heterocycles. The summed E-state index contributed by atoms with van der Waals surface area (Å²) in [6, 6.07) is -0.127. The Hall–Kier alpha value is -1.59. The van der Waals surface area contributed by atoms with E-state index in [0.717, 1.165) is 6.42 Å². The standard InChI is InChI=1S/C7H11N5O/c8-7(13)11-2-1-6(3-11)12-5-9-4-10-12/h4-6H,1-3H2,(H2,8,13). The summed E-state index contributed by atoms with van der Waals surface area (Å²) in [5.74, 6) is 0. The smallest absolute Gasteiger partial charge is 0.314 e. The molecule has 0 spiro atoms. The molecule has 1 aliphatic rings. The quantitative estimate of drug-likeness (QED) is 0.640. The van der Waals surface area contributed by atoms with Gasteiger partial charge in [-0.25, -0.2) is 14.5 Å². The van der Waals surface area contributed by atoms with Crippen LogP contribution in [0.1, 0.15) is 12.5 Å². The van der Waals surface area contributed by atoms with Gasteiger partial charge in [0.25, 0.3) is 0 Å². The highest BCUT2D eigenvalue weighted by atomic mass is 16.2. The van der Waals surface area contributed by atoms with Crippen LogP contribution >= 0.6 is 0 Å². The summed E-state index contributed by atoms with van der Waals surface area (Å²) in [4.78, 5) is 16.3. The van der Waals surface area contributed by atoms with Crippen LogP contribution in [0.3, 0.4) is 0 Å². The van der Waals surface area contributed by atoms with Crippen molar-refractivity contribution in [2.75, 3.05) is 13.1 Å². The van der Waals surface area contributed by atoms with E-state index in [1.807, 2.05) is 0 Å². The molecule has 6 nitrogen and oxygen atoms in total. The van der Waals surface area contributed by atoms with Crippen molar-refractivity contribution in [3.63, 3.8) is 0 Å². The minimum atomic E-state index is -0.359. The van der Waals surface area contributed by atoms with Crippen molar-refractivity contribution in [3.8, 4) is 0 Å². The average molecular weight is 181 g/mol. The molecule has 13 heavy (non-hydrogen) atoms. The normalized spacial score (nSPS) is 22.2. The van der Waals surface area contributed by atoms with Crippen molar-refractivity contribution >= 4 is 6.03 Å². The fourth-order valence-corrected chi connectivity index (χ4v) is 1.56. The van der Waals surface area contributed by atoms with Crippen LogP contribution in [0.2, 0.25) is 0 Å². The number of rotatable bonds is 1. The summed E-state index contributed by atoms with van der Waals surface area (Å²) in [6.07, 6.45) is 4.05. The maximum absolute atomic E-state index is 10.8. The number of amides is 2. The monoisotopic (exact) mass is 181 g/mol. The lowest BCUT2D eigenvalue weighted by molar-refractivity contribution is 0.216. The fraction of sp³-hybridized carbons (Fsp3) is 0.571. The van der Waals surface area contributed by atoms with Gasteiger partial charge < -0.3 is 10.6 Å². The van der Waals surface area contributed by atoms with Crippen molar-refractivity contribution < 1.29 is 4.79 Å². The minimum Gasteiger partial charge on any atom is -0.351 e. The molecule has 2 rings (SSSR count). The van der Waals surface area contributed by atoms with Crippen LogP contribution in [0, 0.1) is 0 Å². The third-order valence-electron chi connectivity index (χ3n) is 2.29. The summed E-state index contributed by atoms with van der Waals surface area (Å²) in [5, 5.41) is 4.02. The summed E-state index contributed by atoms with van der Waals surface area (Å²) >= 11 is 0. The molecule has 2 N–H and O–H groups in total. The van der Waals surface area contributed by atoms with E-state index in [1.54, 1.807) is 15.9 Å². The van der Waals surface area contributed by atoms with Crippen LogP contribution in [-0.4, -0.2) is 38.8 Å². The van der Waals surface area contributed by atoms with Gasteiger partial charge in [-0.3, -0.25) is 0 Å². The second-order valence-electron chi connectivity index (χ2n) is 3.10. The van der Waals surface area contributed by atoms with Crippen molar-refractivity contribution in [2.45, 2.75) is 12.5 Å². The Morgan fingerprint density at radius 3 is 3.00 bits per heavy atom. The summed E-state index contributed by atoms with van der Waals surface area (Å²) in [5.41, 5.74) is 5.16. The number of nitrogens with zero attached hydrogens (tertiary/aromatic N) is 4. The second-order valence-corrected chi connectivity index (χ2v) is 3.10. The first kappa shape index (κ1) is 8.03. The van der Waals surface area contributed by atoms with Gasteiger partial charge in [0.1, 0.15) is 12.7 Å². The zero-order valence-corrected chi connectivity index (χ0v) is 7.13. The van der Waals surface area contributed by atoms with Crippen LogP contribution in [0.5, 0.6) is 0 Å². The van der Waals surface area contributed by atoms with Gasteiger partial charge in [0, 0.05) is 13.1 Å². The van der Waals surface area contributed by atoms with Crippen LogP contribution in [0.15, 0.2) is 12.7 Å². The molecule has 6 heteroatoms. The van der Waals surface area contributed by atoms with Crippen molar-refractivity contribution in [1.29, 1.82) is 0 Å². The molecule has 2 amide bonds. The van der Waals surface area contributed by atoms with Crippen molar-refractivity contribution in [3.05, 3.63) is 12.7 Å². The Labute approximate surface area is 75.3 Å². The molecule has 0 radical (unpaired) electrons. The zero-order valence-electron chi connectivity index (χ0n) is 7.13. The SMILES string of the molecule is NC(=O)N1CCC(n2cncn2)C1. The first-order valence-corrected chi connectivity index (χ1v) is 4.16.